The Balaban J connectivity index is 2.39. The Hall–Kier alpha value is 0.660. The molecule has 0 amide bonds. The van der Waals surface area contributed by atoms with Crippen molar-refractivity contribution in [1.82, 2.24) is 0 Å². The number of ether oxygens (including phenoxy) is 2. The largest absolute Gasteiger partial charge is 0.350 e. The van der Waals surface area contributed by atoms with E-state index in [-0.39, 0.29) is 11.6 Å². The molecule has 0 spiro atoms. The first-order valence-electron chi connectivity index (χ1n) is 6.04. The summed E-state index contributed by atoms with van der Waals surface area (Å²) in [7, 11) is 3.00. The van der Waals surface area contributed by atoms with E-state index in [1.807, 2.05) is 0 Å². The second kappa shape index (κ2) is 4.83. The van der Waals surface area contributed by atoms with Crippen molar-refractivity contribution in [3.63, 3.8) is 0 Å². The summed E-state index contributed by atoms with van der Waals surface area (Å²) < 4.78 is 10.9. The van der Waals surface area contributed by atoms with Gasteiger partial charge in [0.05, 0.1) is 11.8 Å². The van der Waals surface area contributed by atoms with Gasteiger partial charge < -0.3 is 9.47 Å². The summed E-state index contributed by atoms with van der Waals surface area (Å²) >= 11 is 14.4. The zero-order valence-electron chi connectivity index (χ0n) is 11.0. The molecule has 0 aromatic rings. The Kier molecular flexibility index (Phi) is 3.80. The molecule has 114 valence electrons. The maximum absolute atomic E-state index is 12.5. The van der Waals surface area contributed by atoms with Crippen molar-refractivity contribution in [3.8, 4) is 0 Å². The first kappa shape index (κ1) is 16.5. The number of carbonyl (C=O) groups excluding carboxylic acids is 2. The lowest BCUT2D eigenvalue weighted by atomic mass is 9.74. The highest BCUT2D eigenvalue weighted by Crippen LogP contribution is 2.76. The Morgan fingerprint density at radius 1 is 0.905 bits per heavy atom. The van der Waals surface area contributed by atoms with Gasteiger partial charge in [-0.2, -0.15) is 0 Å². The lowest BCUT2D eigenvalue weighted by Gasteiger charge is -2.41. The molecule has 0 saturated heterocycles. The molecule has 0 aromatic heterocycles. The third kappa shape index (κ3) is 1.48. The third-order valence-electron chi connectivity index (χ3n) is 4.58. The number of allylic oxidation sites excluding steroid dienone is 2. The highest BCUT2D eigenvalue weighted by molar-refractivity contribution is 9.16. The predicted molar refractivity (Wildman–Crippen MR) is 91.1 cm³/mol. The second-order valence-corrected chi connectivity index (χ2v) is 9.26. The fraction of sp³-hybridized carbons (Fsp3) is 0.538. The van der Waals surface area contributed by atoms with Gasteiger partial charge in [0.25, 0.3) is 0 Å². The minimum atomic E-state index is -1.25. The van der Waals surface area contributed by atoms with E-state index in [1.165, 1.54) is 26.4 Å². The quantitative estimate of drug-likeness (QED) is 0.392. The number of alkyl halides is 2. The van der Waals surface area contributed by atoms with Gasteiger partial charge in [-0.15, -0.1) is 0 Å². The van der Waals surface area contributed by atoms with E-state index in [0.717, 1.165) is 0 Å². The fourth-order valence-corrected chi connectivity index (χ4v) is 8.87. The molecular weight excluding hydrogens is 540 g/mol. The first-order valence-corrected chi connectivity index (χ1v) is 9.21. The number of halogens is 4. The highest BCUT2D eigenvalue weighted by Gasteiger charge is 2.85. The molecule has 0 radical (unpaired) electrons. The van der Waals surface area contributed by atoms with E-state index < -0.39 is 26.3 Å². The van der Waals surface area contributed by atoms with Gasteiger partial charge in [0.15, 0.2) is 11.6 Å². The molecule has 1 saturated carbocycles. The lowest BCUT2D eigenvalue weighted by molar-refractivity contribution is -0.214. The number of methoxy groups -OCH3 is 2. The van der Waals surface area contributed by atoms with Crippen molar-refractivity contribution >= 4 is 75.3 Å². The van der Waals surface area contributed by atoms with E-state index in [1.54, 1.807) is 0 Å². The maximum Gasteiger partial charge on any atom is 0.209 e. The van der Waals surface area contributed by atoms with Gasteiger partial charge in [0.1, 0.15) is 8.65 Å². The number of hydrogen-bond acceptors (Lipinski definition) is 4. The van der Waals surface area contributed by atoms with Crippen molar-refractivity contribution in [2.24, 2.45) is 11.8 Å². The Morgan fingerprint density at radius 3 is 1.52 bits per heavy atom. The summed E-state index contributed by atoms with van der Waals surface area (Å²) in [5.74, 6) is -2.75. The van der Waals surface area contributed by atoms with Gasteiger partial charge in [-0.1, -0.05) is 63.7 Å². The predicted octanol–water partition coefficient (Wildman–Crippen LogP) is 3.21. The van der Waals surface area contributed by atoms with Crippen LogP contribution >= 0.6 is 63.7 Å². The van der Waals surface area contributed by atoms with E-state index in [4.69, 9.17) is 9.47 Å². The van der Waals surface area contributed by atoms with E-state index in [9.17, 15) is 9.59 Å². The SMILES string of the molecule is COC1(OC)[C@@]2(Br)C(Br)=C(Br)[C@@]1(Br)[C@H]1C(=O)C=CC(=O)[C@H]12. The highest BCUT2D eigenvalue weighted by atomic mass is 79.9. The first-order chi connectivity index (χ1) is 9.74. The van der Waals surface area contributed by atoms with Gasteiger partial charge in [0.2, 0.25) is 5.79 Å². The van der Waals surface area contributed by atoms with Crippen molar-refractivity contribution in [1.29, 1.82) is 0 Å². The fourth-order valence-electron chi connectivity index (χ4n) is 3.78. The molecule has 2 bridgehead atoms. The molecule has 3 aliphatic carbocycles. The topological polar surface area (TPSA) is 52.6 Å². The summed E-state index contributed by atoms with van der Waals surface area (Å²) in [6.45, 7) is 0. The van der Waals surface area contributed by atoms with Crippen LogP contribution in [0.15, 0.2) is 21.1 Å². The van der Waals surface area contributed by atoms with Crippen LogP contribution in [-0.4, -0.2) is 40.2 Å². The summed E-state index contributed by atoms with van der Waals surface area (Å²) in [6.07, 6.45) is 2.65. The Bertz CT molecular complexity index is 576. The van der Waals surface area contributed by atoms with Crippen molar-refractivity contribution in [3.05, 3.63) is 21.1 Å². The molecule has 0 N–H and O–H groups in total. The molecule has 0 unspecified atom stereocenters. The van der Waals surface area contributed by atoms with Crippen molar-refractivity contribution in [2.75, 3.05) is 14.2 Å². The number of ketones is 2. The standard InChI is InChI=1S/C13H10Br4O4/c1-20-13(21-2)11(16)7-5(18)3-4-6(19)8(7)12(13,17)10(15)9(11)14/h3-4,7-8H,1-2H3/t7-,8+,11-,12-/m0/s1. The third-order valence-corrected chi connectivity index (χ3v) is 11.0. The Morgan fingerprint density at radius 2 is 1.24 bits per heavy atom. The minimum Gasteiger partial charge on any atom is -0.350 e. The number of fused-ring (bicyclic) bond motifs is 5. The molecule has 21 heavy (non-hydrogen) atoms. The van der Waals surface area contributed by atoms with Gasteiger partial charge in [-0.25, -0.2) is 0 Å². The van der Waals surface area contributed by atoms with Crippen molar-refractivity contribution < 1.29 is 19.1 Å². The molecule has 0 heterocycles. The molecule has 1 fully saturated rings. The molecule has 3 rings (SSSR count). The van der Waals surface area contributed by atoms with Crippen LogP contribution in [0.1, 0.15) is 0 Å². The monoisotopic (exact) mass is 546 g/mol. The van der Waals surface area contributed by atoms with Crippen LogP contribution in [0.5, 0.6) is 0 Å². The van der Waals surface area contributed by atoms with Crippen LogP contribution in [0.2, 0.25) is 0 Å². The number of carbonyl (C=O) groups is 2. The van der Waals surface area contributed by atoms with Crippen LogP contribution in [0.4, 0.5) is 0 Å². The molecule has 3 aliphatic rings. The van der Waals surface area contributed by atoms with Gasteiger partial charge in [0, 0.05) is 23.2 Å². The second-order valence-electron chi connectivity index (χ2n) is 5.17. The average Bonchev–Trinajstić information content (AvgIpc) is 2.72. The number of hydrogen-bond donors (Lipinski definition) is 0. The summed E-state index contributed by atoms with van der Waals surface area (Å²) in [6, 6.07) is 0. The lowest BCUT2D eigenvalue weighted by Crippen LogP contribution is -2.57. The van der Waals surface area contributed by atoms with E-state index >= 15 is 0 Å². The zero-order chi connectivity index (χ0) is 15.8. The molecule has 4 atom stereocenters. The van der Waals surface area contributed by atoms with Crippen LogP contribution in [0.3, 0.4) is 0 Å². The minimum absolute atomic E-state index is 0.131. The van der Waals surface area contributed by atoms with Gasteiger partial charge in [-0.05, 0) is 12.2 Å². The number of rotatable bonds is 2. The summed E-state index contributed by atoms with van der Waals surface area (Å²) in [5, 5.41) is 0. The van der Waals surface area contributed by atoms with Crippen LogP contribution in [-0.2, 0) is 19.1 Å². The molecule has 4 nitrogen and oxygen atoms in total. The molecular formula is C13H10Br4O4. The summed E-state index contributed by atoms with van der Waals surface area (Å²) in [5.41, 5.74) is 0. The Labute approximate surface area is 155 Å². The van der Waals surface area contributed by atoms with E-state index in [2.05, 4.69) is 63.7 Å². The molecule has 0 aliphatic heterocycles. The van der Waals surface area contributed by atoms with E-state index in [0.29, 0.717) is 8.96 Å². The smallest absolute Gasteiger partial charge is 0.209 e. The van der Waals surface area contributed by atoms with Crippen LogP contribution in [0.25, 0.3) is 0 Å². The normalized spacial score (nSPS) is 43.7. The van der Waals surface area contributed by atoms with Gasteiger partial charge >= 0.3 is 0 Å². The van der Waals surface area contributed by atoms with Gasteiger partial charge in [-0.3, -0.25) is 9.59 Å². The maximum atomic E-state index is 12.5. The van der Waals surface area contributed by atoms with Crippen LogP contribution in [0, 0.1) is 11.8 Å². The average molecular weight is 550 g/mol. The zero-order valence-corrected chi connectivity index (χ0v) is 17.3. The van der Waals surface area contributed by atoms with Crippen LogP contribution < -0.4 is 0 Å². The molecule has 8 heteroatoms. The van der Waals surface area contributed by atoms with Crippen molar-refractivity contribution in [2.45, 2.75) is 14.4 Å². The molecule has 0 aromatic carbocycles. The summed E-state index contributed by atoms with van der Waals surface area (Å²) in [4.78, 5) is 24.9.